The first-order chi connectivity index (χ1) is 27.5. The van der Waals surface area contributed by atoms with Crippen LogP contribution in [0.2, 0.25) is 0 Å². The van der Waals surface area contributed by atoms with E-state index in [0.29, 0.717) is 31.2 Å². The lowest BCUT2D eigenvalue weighted by Gasteiger charge is -2.31. The molecule has 1 saturated heterocycles. The summed E-state index contributed by atoms with van der Waals surface area (Å²) in [4.78, 5) is 71.5. The molecule has 3 aromatic rings. The van der Waals surface area contributed by atoms with Gasteiger partial charge in [-0.2, -0.15) is 5.10 Å². The number of nitrogens with zero attached hydrogens (tertiary/aromatic N) is 3. The fourth-order valence-electron chi connectivity index (χ4n) is 8.33. The van der Waals surface area contributed by atoms with Gasteiger partial charge in [-0.15, -0.1) is 0 Å². The first-order valence-corrected chi connectivity index (χ1v) is 21.5. The Balaban J connectivity index is 1.13. The molecule has 2 aliphatic heterocycles. The van der Waals surface area contributed by atoms with Gasteiger partial charge < -0.3 is 25.0 Å². The molecule has 5 atom stereocenters. The predicted molar refractivity (Wildman–Crippen MR) is 209 cm³/mol. The number of rotatable bonds is 8. The summed E-state index contributed by atoms with van der Waals surface area (Å²) in [6.07, 6.45) is 11.0. The van der Waals surface area contributed by atoms with E-state index in [-0.39, 0.29) is 37.7 Å². The fraction of sp³-hybridized carbons (Fsp3) is 0.512. The largest absolute Gasteiger partial charge is 0.491 e. The highest BCUT2D eigenvalue weighted by Gasteiger charge is 2.62. The van der Waals surface area contributed by atoms with Crippen LogP contribution >= 0.6 is 0 Å². The molecule has 2 aromatic carbocycles. The average Bonchev–Trinajstić information content (AvgIpc) is 4.11. The first kappa shape index (κ1) is 38.6. The number of allylic oxidation sites excluding steroid dienone is 1. The molecule has 0 unspecified atom stereocenters. The zero-order valence-corrected chi connectivity index (χ0v) is 32.7. The molecule has 0 spiro atoms. The lowest BCUT2D eigenvalue weighted by atomic mass is 9.96. The van der Waals surface area contributed by atoms with Gasteiger partial charge in [0.05, 0.1) is 30.2 Å². The number of sulfonamides is 1. The Labute approximate surface area is 330 Å². The first-order valence-electron chi connectivity index (χ1n) is 20.0. The predicted octanol–water partition coefficient (Wildman–Crippen LogP) is 3.87. The minimum Gasteiger partial charge on any atom is -0.491 e. The molecule has 16 heteroatoms. The molecular weight excluding hydrogens is 753 g/mol. The molecule has 1 aromatic heterocycles. The van der Waals surface area contributed by atoms with Gasteiger partial charge in [-0.05, 0) is 74.1 Å². The van der Waals surface area contributed by atoms with Gasteiger partial charge in [0.25, 0.3) is 5.91 Å². The Morgan fingerprint density at radius 3 is 2.49 bits per heavy atom. The van der Waals surface area contributed by atoms with E-state index >= 15 is 0 Å². The summed E-state index contributed by atoms with van der Waals surface area (Å²) in [6, 6.07) is 10.4. The monoisotopic (exact) mass is 800 g/mol. The van der Waals surface area contributed by atoms with Crippen molar-refractivity contribution in [2.75, 3.05) is 13.7 Å². The Kier molecular flexibility index (Phi) is 10.6. The standard InChI is InChI=1S/C41H48N6O9S/c1-55-35-32(31-17-9-12-25-11-7-8-16-30(25)31)23-42-47(38(35)50)27-21-34-36(48)44-41(39(51)45-57(53,54)29-19-20-29)22-26(41)13-5-3-2-4-6-18-33(37(49)46(34)24-27)43-40(52)56-28-14-10-15-28/h5,7-9,11-13,16-17,23,26-29,33-34H,2-4,6,10,14-15,18-22,24H2,1H3,(H,43,52)(H,44,48)(H,45,51)/b13-5-/t26-,27-,33+,34+,41-/m1/s1. The van der Waals surface area contributed by atoms with Crippen LogP contribution in [0.4, 0.5) is 4.79 Å². The van der Waals surface area contributed by atoms with Crippen LogP contribution in [0.25, 0.3) is 21.9 Å². The van der Waals surface area contributed by atoms with Crippen molar-refractivity contribution < 1.29 is 37.1 Å². The van der Waals surface area contributed by atoms with Gasteiger partial charge in [0.15, 0.2) is 5.75 Å². The zero-order valence-electron chi connectivity index (χ0n) is 31.9. The van der Waals surface area contributed by atoms with Crippen molar-refractivity contribution in [1.29, 1.82) is 0 Å². The van der Waals surface area contributed by atoms with E-state index in [1.807, 2.05) is 54.6 Å². The highest BCUT2D eigenvalue weighted by atomic mass is 32.2. The van der Waals surface area contributed by atoms with Crippen molar-refractivity contribution in [1.82, 2.24) is 30.0 Å². The third-order valence-electron chi connectivity index (χ3n) is 12.1. The van der Waals surface area contributed by atoms with Crippen LogP contribution in [0.5, 0.6) is 5.75 Å². The fourth-order valence-corrected chi connectivity index (χ4v) is 9.70. The number of fused-ring (bicyclic) bond motifs is 3. The van der Waals surface area contributed by atoms with Crippen molar-refractivity contribution in [3.8, 4) is 16.9 Å². The minimum absolute atomic E-state index is 0.0416. The second-order valence-corrected chi connectivity index (χ2v) is 17.9. The molecule has 5 aliphatic rings. The number of hydrogen-bond donors (Lipinski definition) is 3. The quantitative estimate of drug-likeness (QED) is 0.282. The maximum Gasteiger partial charge on any atom is 0.408 e. The Bertz CT molecular complexity index is 2280. The van der Waals surface area contributed by atoms with Crippen molar-refractivity contribution in [3.63, 3.8) is 0 Å². The van der Waals surface area contributed by atoms with Gasteiger partial charge in [-0.1, -0.05) is 67.5 Å². The van der Waals surface area contributed by atoms with Gasteiger partial charge in [0, 0.05) is 18.9 Å². The number of alkyl carbamates (subject to hydrolysis) is 1. The molecule has 4 amide bonds. The molecule has 0 bridgehead atoms. The maximum absolute atomic E-state index is 14.6. The molecular formula is C41H48N6O9S. The molecule has 3 aliphatic carbocycles. The molecule has 302 valence electrons. The van der Waals surface area contributed by atoms with E-state index in [1.165, 1.54) is 16.7 Å². The van der Waals surface area contributed by atoms with Crippen LogP contribution in [0.1, 0.15) is 83.1 Å². The summed E-state index contributed by atoms with van der Waals surface area (Å²) >= 11 is 0. The molecule has 3 N–H and O–H groups in total. The number of carbonyl (C=O) groups is 4. The van der Waals surface area contributed by atoms with Crippen LogP contribution in [-0.2, 0) is 29.1 Å². The summed E-state index contributed by atoms with van der Waals surface area (Å²) in [7, 11) is -2.52. The number of nitrogens with one attached hydrogen (secondary N) is 3. The van der Waals surface area contributed by atoms with E-state index in [4.69, 9.17) is 9.47 Å². The van der Waals surface area contributed by atoms with Gasteiger partial charge in [0.2, 0.25) is 21.8 Å². The van der Waals surface area contributed by atoms with E-state index in [1.54, 1.807) is 6.20 Å². The Hall–Kier alpha value is -5.25. The number of hydrogen-bond acceptors (Lipinski definition) is 10. The lowest BCUT2D eigenvalue weighted by Crippen LogP contribution is -2.58. The summed E-state index contributed by atoms with van der Waals surface area (Å²) in [6.45, 7) is -0.116. The summed E-state index contributed by atoms with van der Waals surface area (Å²) in [5.74, 6) is -2.46. The van der Waals surface area contributed by atoms with Crippen LogP contribution in [0.3, 0.4) is 0 Å². The minimum atomic E-state index is -3.92. The van der Waals surface area contributed by atoms with E-state index in [2.05, 4.69) is 20.5 Å². The van der Waals surface area contributed by atoms with Crippen molar-refractivity contribution in [3.05, 3.63) is 71.2 Å². The highest BCUT2D eigenvalue weighted by molar-refractivity contribution is 7.91. The van der Waals surface area contributed by atoms with E-state index < -0.39 is 74.2 Å². The Morgan fingerprint density at radius 2 is 1.74 bits per heavy atom. The number of aromatic nitrogens is 2. The maximum atomic E-state index is 14.6. The van der Waals surface area contributed by atoms with Gasteiger partial charge in [-0.25, -0.2) is 17.9 Å². The van der Waals surface area contributed by atoms with Crippen LogP contribution in [0, 0.1) is 5.92 Å². The molecule has 0 radical (unpaired) electrons. The van der Waals surface area contributed by atoms with Crippen LogP contribution in [-0.4, -0.2) is 89.5 Å². The number of ether oxygens (including phenoxy) is 2. The van der Waals surface area contributed by atoms with Crippen molar-refractivity contribution >= 4 is 44.6 Å². The molecule has 15 nitrogen and oxygen atoms in total. The zero-order chi connectivity index (χ0) is 39.9. The van der Waals surface area contributed by atoms with Crippen LogP contribution < -0.4 is 25.7 Å². The third kappa shape index (κ3) is 7.75. The number of amides is 4. The number of carbonyl (C=O) groups excluding carboxylic acids is 4. The molecule has 3 heterocycles. The average molecular weight is 801 g/mol. The summed E-state index contributed by atoms with van der Waals surface area (Å²) in [5.41, 5.74) is -0.881. The van der Waals surface area contributed by atoms with Crippen molar-refractivity contribution in [2.45, 2.75) is 112 Å². The second kappa shape index (κ2) is 15.6. The summed E-state index contributed by atoms with van der Waals surface area (Å²) < 4.78 is 40.5. The molecule has 4 fully saturated rings. The molecule has 3 saturated carbocycles. The van der Waals surface area contributed by atoms with Crippen LogP contribution in [0.15, 0.2) is 65.6 Å². The summed E-state index contributed by atoms with van der Waals surface area (Å²) in [5, 5.41) is 11.4. The highest BCUT2D eigenvalue weighted by Crippen LogP contribution is 2.46. The normalized spacial score (nSPS) is 27.4. The number of benzene rings is 2. The molecule has 8 rings (SSSR count). The number of methoxy groups -OCH3 is 1. The smallest absolute Gasteiger partial charge is 0.408 e. The van der Waals surface area contributed by atoms with E-state index in [0.717, 1.165) is 48.4 Å². The second-order valence-electron chi connectivity index (χ2n) is 15.9. The molecule has 57 heavy (non-hydrogen) atoms. The third-order valence-corrected chi connectivity index (χ3v) is 13.9. The van der Waals surface area contributed by atoms with E-state index in [9.17, 15) is 32.4 Å². The lowest BCUT2D eigenvalue weighted by molar-refractivity contribution is -0.141. The Morgan fingerprint density at radius 1 is 0.947 bits per heavy atom. The van der Waals surface area contributed by atoms with Gasteiger partial charge in [-0.3, -0.25) is 23.9 Å². The van der Waals surface area contributed by atoms with Gasteiger partial charge in [0.1, 0.15) is 23.7 Å². The SMILES string of the molecule is COc1c(-c2cccc3ccccc23)cnn([C@@H]2C[C@H]3C(=O)N[C@]4(C(=O)NS(=O)(=O)C5CC5)C[C@H]4/C=C\CCCCC[C@H](NC(=O)OC4CCC4)C(=O)N3C2)c1=O. The van der Waals surface area contributed by atoms with Crippen molar-refractivity contribution in [2.24, 2.45) is 5.92 Å². The van der Waals surface area contributed by atoms with Gasteiger partial charge >= 0.3 is 11.7 Å². The topological polar surface area (TPSA) is 195 Å².